The average Bonchev–Trinajstić information content (AvgIpc) is 2.79. The van der Waals surface area contributed by atoms with E-state index in [1.807, 2.05) is 25.1 Å². The van der Waals surface area contributed by atoms with Gasteiger partial charge in [-0.3, -0.25) is 0 Å². The van der Waals surface area contributed by atoms with E-state index in [2.05, 4.69) is 16.5 Å². The summed E-state index contributed by atoms with van der Waals surface area (Å²) in [6, 6.07) is 5.84. The normalized spacial score (nSPS) is 19.8. The molecule has 3 rings (SSSR count). The predicted octanol–water partition coefficient (Wildman–Crippen LogP) is 4.81. The van der Waals surface area contributed by atoms with Crippen molar-refractivity contribution in [3.05, 3.63) is 29.0 Å². The number of hydrogen-bond donors (Lipinski definition) is 0. The molecule has 1 aromatic heterocycles. The van der Waals surface area contributed by atoms with Crippen LogP contribution in [0, 0.1) is 5.41 Å². The van der Waals surface area contributed by atoms with E-state index < -0.39 is 0 Å². The number of nitrogens with zero attached hydrogens (tertiary/aromatic N) is 2. The van der Waals surface area contributed by atoms with Gasteiger partial charge < -0.3 is 9.30 Å². The largest absolute Gasteiger partial charge is 0.381 e. The molecule has 1 fully saturated rings. The summed E-state index contributed by atoms with van der Waals surface area (Å²) < 4.78 is 7.70. The summed E-state index contributed by atoms with van der Waals surface area (Å²) in [6.45, 7) is 6.79. The molecule has 1 unspecified atom stereocenters. The monoisotopic (exact) mass is 326 g/mol. The van der Waals surface area contributed by atoms with E-state index in [-0.39, 0.29) is 10.8 Å². The molecule has 2 aromatic rings. The second-order valence-electron chi connectivity index (χ2n) is 6.20. The number of rotatable bonds is 3. The van der Waals surface area contributed by atoms with Gasteiger partial charge in [-0.15, -0.1) is 11.6 Å². The molecule has 1 aliphatic heterocycles. The first-order chi connectivity index (χ1) is 10.0. The van der Waals surface area contributed by atoms with Crippen LogP contribution in [0.4, 0.5) is 0 Å². The lowest BCUT2D eigenvalue weighted by molar-refractivity contribution is 0.0157. The van der Waals surface area contributed by atoms with Gasteiger partial charge in [-0.1, -0.05) is 24.6 Å². The molecule has 0 saturated carbocycles. The Hall–Kier alpha value is -0.770. The number of imidazole rings is 1. The smallest absolute Gasteiger partial charge is 0.127 e. The molecule has 0 amide bonds. The Kier molecular flexibility index (Phi) is 4.17. The molecule has 0 bridgehead atoms. The first-order valence-corrected chi connectivity index (χ1v) is 8.18. The van der Waals surface area contributed by atoms with E-state index in [9.17, 15) is 0 Å². The zero-order chi connectivity index (χ0) is 15.0. The lowest BCUT2D eigenvalue weighted by Gasteiger charge is -2.34. The Morgan fingerprint density at radius 3 is 2.76 bits per heavy atom. The van der Waals surface area contributed by atoms with Crippen molar-refractivity contribution in [2.75, 3.05) is 13.2 Å². The molecule has 1 aliphatic rings. The third kappa shape index (κ3) is 2.92. The second kappa shape index (κ2) is 5.79. The zero-order valence-electron chi connectivity index (χ0n) is 12.4. The maximum atomic E-state index is 6.41. The molecule has 114 valence electrons. The Labute approximate surface area is 135 Å². The van der Waals surface area contributed by atoms with Crippen molar-refractivity contribution in [3.8, 4) is 0 Å². The third-order valence-electron chi connectivity index (χ3n) is 4.34. The molecule has 1 atom stereocenters. The first-order valence-electron chi connectivity index (χ1n) is 7.37. The summed E-state index contributed by atoms with van der Waals surface area (Å²) in [5, 5.41) is 0.594. The van der Waals surface area contributed by atoms with Gasteiger partial charge in [0, 0.05) is 19.8 Å². The molecule has 0 radical (unpaired) electrons. The van der Waals surface area contributed by atoms with Gasteiger partial charge in [0.2, 0.25) is 0 Å². The Bertz CT molecular complexity index is 645. The van der Waals surface area contributed by atoms with Crippen LogP contribution in [0.25, 0.3) is 11.0 Å². The lowest BCUT2D eigenvalue weighted by atomic mass is 9.82. The first kappa shape index (κ1) is 15.1. The number of hydrogen-bond acceptors (Lipinski definition) is 2. The van der Waals surface area contributed by atoms with Crippen molar-refractivity contribution < 1.29 is 4.74 Å². The molecular weight excluding hydrogens is 307 g/mol. The quantitative estimate of drug-likeness (QED) is 0.757. The summed E-state index contributed by atoms with van der Waals surface area (Å²) >= 11 is 12.8. The molecule has 21 heavy (non-hydrogen) atoms. The number of benzene rings is 1. The van der Waals surface area contributed by atoms with Crippen LogP contribution >= 0.6 is 23.2 Å². The minimum atomic E-state index is -0.142. The third-order valence-corrected chi connectivity index (χ3v) is 4.84. The number of alkyl halides is 1. The Morgan fingerprint density at radius 2 is 2.10 bits per heavy atom. The fourth-order valence-electron chi connectivity index (χ4n) is 3.03. The SMILES string of the molecule is CC(Cl)c1nc2cccc(Cl)c2n1CC1(C)CCOCC1. The van der Waals surface area contributed by atoms with Crippen molar-refractivity contribution in [1.82, 2.24) is 9.55 Å². The summed E-state index contributed by atoms with van der Waals surface area (Å²) in [5.74, 6) is 0.896. The minimum absolute atomic E-state index is 0.142. The standard InChI is InChI=1S/C16H20Cl2N2O/c1-11(17)15-19-13-5-3-4-12(18)14(13)20(15)10-16(2)6-8-21-9-7-16/h3-5,11H,6-10H2,1-2H3. The van der Waals surface area contributed by atoms with E-state index in [0.717, 1.165) is 54.5 Å². The molecule has 0 N–H and O–H groups in total. The maximum absolute atomic E-state index is 6.41. The van der Waals surface area contributed by atoms with E-state index in [0.29, 0.717) is 0 Å². The van der Waals surface area contributed by atoms with Gasteiger partial charge >= 0.3 is 0 Å². The summed E-state index contributed by atoms with van der Waals surface area (Å²) in [4.78, 5) is 4.68. The van der Waals surface area contributed by atoms with Gasteiger partial charge in [-0.05, 0) is 37.3 Å². The molecule has 0 aliphatic carbocycles. The topological polar surface area (TPSA) is 27.1 Å². The van der Waals surface area contributed by atoms with Gasteiger partial charge in [0.25, 0.3) is 0 Å². The van der Waals surface area contributed by atoms with Crippen molar-refractivity contribution >= 4 is 34.2 Å². The number of fused-ring (bicyclic) bond motifs is 1. The fraction of sp³-hybridized carbons (Fsp3) is 0.562. The highest BCUT2D eigenvalue weighted by atomic mass is 35.5. The molecular formula is C16H20Cl2N2O. The van der Waals surface area contributed by atoms with Crippen LogP contribution in [0.2, 0.25) is 5.02 Å². The maximum Gasteiger partial charge on any atom is 0.127 e. The van der Waals surface area contributed by atoms with Crippen LogP contribution < -0.4 is 0 Å². The van der Waals surface area contributed by atoms with Crippen molar-refractivity contribution in [2.45, 2.75) is 38.6 Å². The van der Waals surface area contributed by atoms with E-state index in [4.69, 9.17) is 27.9 Å². The van der Waals surface area contributed by atoms with Crippen molar-refractivity contribution in [1.29, 1.82) is 0 Å². The fourth-order valence-corrected chi connectivity index (χ4v) is 3.47. The van der Waals surface area contributed by atoms with Gasteiger partial charge in [0.15, 0.2) is 0 Å². The van der Waals surface area contributed by atoms with Crippen LogP contribution in [0.3, 0.4) is 0 Å². The number of ether oxygens (including phenoxy) is 1. The summed E-state index contributed by atoms with van der Waals surface area (Å²) in [6.07, 6.45) is 2.10. The van der Waals surface area contributed by atoms with Crippen LogP contribution in [-0.2, 0) is 11.3 Å². The molecule has 3 nitrogen and oxygen atoms in total. The molecule has 5 heteroatoms. The number of halogens is 2. The zero-order valence-corrected chi connectivity index (χ0v) is 13.9. The Balaban J connectivity index is 2.08. The molecule has 1 saturated heterocycles. The van der Waals surface area contributed by atoms with Crippen LogP contribution in [-0.4, -0.2) is 22.8 Å². The number of aromatic nitrogens is 2. The Morgan fingerprint density at radius 1 is 1.38 bits per heavy atom. The van der Waals surface area contributed by atoms with Crippen molar-refractivity contribution in [2.24, 2.45) is 5.41 Å². The summed E-state index contributed by atoms with van der Waals surface area (Å²) in [5.41, 5.74) is 2.11. The average molecular weight is 327 g/mol. The molecule has 2 heterocycles. The van der Waals surface area contributed by atoms with Crippen LogP contribution in [0.5, 0.6) is 0 Å². The van der Waals surface area contributed by atoms with Crippen molar-refractivity contribution in [3.63, 3.8) is 0 Å². The summed E-state index contributed by atoms with van der Waals surface area (Å²) in [7, 11) is 0. The van der Waals surface area contributed by atoms with E-state index in [1.54, 1.807) is 0 Å². The van der Waals surface area contributed by atoms with Gasteiger partial charge in [0.05, 0.1) is 21.4 Å². The van der Waals surface area contributed by atoms with Crippen LogP contribution in [0.15, 0.2) is 18.2 Å². The molecule has 0 spiro atoms. The van der Waals surface area contributed by atoms with Gasteiger partial charge in [0.1, 0.15) is 5.82 Å². The minimum Gasteiger partial charge on any atom is -0.381 e. The second-order valence-corrected chi connectivity index (χ2v) is 7.26. The molecule has 1 aromatic carbocycles. The van der Waals surface area contributed by atoms with Gasteiger partial charge in [-0.2, -0.15) is 0 Å². The van der Waals surface area contributed by atoms with Gasteiger partial charge in [-0.25, -0.2) is 4.98 Å². The predicted molar refractivity (Wildman–Crippen MR) is 87.2 cm³/mol. The highest BCUT2D eigenvalue weighted by molar-refractivity contribution is 6.35. The van der Waals surface area contributed by atoms with Crippen LogP contribution in [0.1, 0.15) is 37.9 Å². The highest BCUT2D eigenvalue weighted by Gasteiger charge is 2.30. The highest BCUT2D eigenvalue weighted by Crippen LogP contribution is 2.36. The van der Waals surface area contributed by atoms with E-state index >= 15 is 0 Å². The number of para-hydroxylation sites is 1. The van der Waals surface area contributed by atoms with E-state index in [1.165, 1.54) is 0 Å². The lowest BCUT2D eigenvalue weighted by Crippen LogP contribution is -2.31.